The number of hydrogen-bond donors (Lipinski definition) is 6. The summed E-state index contributed by atoms with van der Waals surface area (Å²) in [4.78, 5) is 82.9. The summed E-state index contributed by atoms with van der Waals surface area (Å²) in [7, 11) is 1.72. The van der Waals surface area contributed by atoms with E-state index in [4.69, 9.17) is 10.8 Å². The predicted octanol–water partition coefficient (Wildman–Crippen LogP) is 0.127. The van der Waals surface area contributed by atoms with Gasteiger partial charge in [-0.25, -0.2) is 14.5 Å². The normalized spacial score (nSPS) is 19.4. The van der Waals surface area contributed by atoms with Gasteiger partial charge in [-0.3, -0.25) is 24.0 Å². The maximum absolute atomic E-state index is 14.5. The second kappa shape index (κ2) is 16.7. The van der Waals surface area contributed by atoms with Crippen LogP contribution in [0.3, 0.4) is 0 Å². The fourth-order valence-electron chi connectivity index (χ4n) is 6.75. The van der Waals surface area contributed by atoms with E-state index in [0.717, 1.165) is 32.1 Å². The molecule has 0 bridgehead atoms. The average molecular weight is 701 g/mol. The minimum absolute atomic E-state index is 0.00469. The van der Waals surface area contributed by atoms with Crippen LogP contribution in [-0.4, -0.2) is 106 Å². The summed E-state index contributed by atoms with van der Waals surface area (Å²) in [5.41, 5.74) is 4.43. The number of primary amides is 1. The van der Waals surface area contributed by atoms with Gasteiger partial charge in [0.25, 0.3) is 11.8 Å². The number of nitrogens with two attached hydrogens (primary N) is 1. The van der Waals surface area contributed by atoms with Gasteiger partial charge in [0.05, 0.1) is 30.3 Å². The molecule has 0 radical (unpaired) electrons. The van der Waals surface area contributed by atoms with Crippen LogP contribution in [0.1, 0.15) is 100 Å². The van der Waals surface area contributed by atoms with Crippen LogP contribution in [0.2, 0.25) is 0 Å². The number of carbonyl (C=O) groups is 6. The van der Waals surface area contributed by atoms with Gasteiger partial charge in [-0.15, -0.1) is 5.10 Å². The Morgan fingerprint density at radius 3 is 2.40 bits per heavy atom. The number of ketones is 1. The lowest BCUT2D eigenvalue weighted by molar-refractivity contribution is -0.142. The van der Waals surface area contributed by atoms with Crippen molar-refractivity contribution in [2.75, 3.05) is 13.1 Å². The number of carboxylic acid groups (broad SMARTS) is 1. The molecule has 2 aliphatic rings. The molecule has 4 rings (SSSR count). The van der Waals surface area contributed by atoms with Gasteiger partial charge in [-0.2, -0.15) is 0 Å². The molecule has 18 nitrogen and oxygen atoms in total. The SMILES string of the molecule is Cn1cnc(C(=O)N[C@H](CC2CCCCC2)C(=O)N2C[C@@H](n3nncc3C(C)(C)O)C[C@H]2C(=O)NC(CCCCNC(=O)O)C(=O)C(N)=O)c1. The number of aromatic nitrogens is 5. The maximum atomic E-state index is 14.5. The summed E-state index contributed by atoms with van der Waals surface area (Å²) >= 11 is 0. The molecule has 3 heterocycles. The van der Waals surface area contributed by atoms with E-state index >= 15 is 0 Å². The van der Waals surface area contributed by atoms with E-state index in [2.05, 4.69) is 31.2 Å². The standard InChI is InChI=1S/C32H48N10O8/c1-32(2,50)25-15-36-39-42(25)20-14-24(29(46)37-21(26(43)27(33)44)11-7-8-12-34-31(48)49)41(16-20)30(47)22(13-19-9-5-4-6-10-19)38-28(45)23-17-40(3)18-35-23/h15,17-22,24,34,50H,4-14,16H2,1-3H3,(H2,33,44)(H,37,46)(H,38,45)(H,48,49)/t20-,21?,22+,24-/m0/s1. The summed E-state index contributed by atoms with van der Waals surface area (Å²) in [6, 6.07) is -4.10. The van der Waals surface area contributed by atoms with Gasteiger partial charge in [0.2, 0.25) is 17.6 Å². The molecule has 7 N–H and O–H groups in total. The Kier molecular flexibility index (Phi) is 12.7. The second-order valence-corrected chi connectivity index (χ2v) is 13.7. The summed E-state index contributed by atoms with van der Waals surface area (Å²) < 4.78 is 3.08. The Morgan fingerprint density at radius 1 is 1.06 bits per heavy atom. The third-order valence-corrected chi connectivity index (χ3v) is 9.32. The van der Waals surface area contributed by atoms with Gasteiger partial charge in [0.1, 0.15) is 23.4 Å². The van der Waals surface area contributed by atoms with Crippen molar-refractivity contribution < 1.29 is 39.0 Å². The quantitative estimate of drug-likeness (QED) is 0.101. The Bertz CT molecular complexity index is 1540. The first-order valence-electron chi connectivity index (χ1n) is 17.0. The van der Waals surface area contributed by atoms with E-state index in [1.807, 2.05) is 0 Å². The van der Waals surface area contributed by atoms with E-state index in [0.29, 0.717) is 18.5 Å². The van der Waals surface area contributed by atoms with Crippen molar-refractivity contribution in [1.82, 2.24) is 45.4 Å². The topological polar surface area (TPSA) is 257 Å². The fraction of sp³-hybridized carbons (Fsp3) is 0.656. The Hall–Kier alpha value is -4.87. The van der Waals surface area contributed by atoms with E-state index in [1.54, 1.807) is 25.5 Å². The molecule has 274 valence electrons. The lowest BCUT2D eigenvalue weighted by atomic mass is 9.84. The highest BCUT2D eigenvalue weighted by Gasteiger charge is 2.45. The van der Waals surface area contributed by atoms with Crippen LogP contribution in [-0.2, 0) is 31.8 Å². The first-order valence-corrected chi connectivity index (χ1v) is 17.0. The molecule has 2 aromatic heterocycles. The number of imidazole rings is 1. The monoisotopic (exact) mass is 700 g/mol. The molecule has 0 aromatic carbocycles. The zero-order chi connectivity index (χ0) is 36.6. The highest BCUT2D eigenvalue weighted by atomic mass is 16.4. The largest absolute Gasteiger partial charge is 0.465 e. The molecule has 1 aliphatic carbocycles. The fourth-order valence-corrected chi connectivity index (χ4v) is 6.75. The van der Waals surface area contributed by atoms with Crippen LogP contribution >= 0.6 is 0 Å². The van der Waals surface area contributed by atoms with Crippen molar-refractivity contribution in [3.05, 3.63) is 30.1 Å². The number of likely N-dealkylation sites (tertiary alicyclic amines) is 1. The van der Waals surface area contributed by atoms with Gasteiger partial charge >= 0.3 is 6.09 Å². The first-order chi connectivity index (χ1) is 23.6. The molecule has 2 fully saturated rings. The van der Waals surface area contributed by atoms with Crippen LogP contribution in [0.25, 0.3) is 0 Å². The highest BCUT2D eigenvalue weighted by Crippen LogP contribution is 2.33. The van der Waals surface area contributed by atoms with Crippen molar-refractivity contribution in [3.8, 4) is 0 Å². The molecule has 50 heavy (non-hydrogen) atoms. The summed E-state index contributed by atoms with van der Waals surface area (Å²) in [6.45, 7) is 3.19. The lowest BCUT2D eigenvalue weighted by Gasteiger charge is -2.32. The van der Waals surface area contributed by atoms with Crippen LogP contribution in [0.4, 0.5) is 4.79 Å². The predicted molar refractivity (Wildman–Crippen MR) is 176 cm³/mol. The Balaban J connectivity index is 1.63. The number of carbonyl (C=O) groups excluding carboxylic acids is 5. The van der Waals surface area contributed by atoms with Crippen molar-refractivity contribution in [1.29, 1.82) is 0 Å². The minimum atomic E-state index is -1.35. The van der Waals surface area contributed by atoms with Crippen molar-refractivity contribution in [2.24, 2.45) is 18.7 Å². The highest BCUT2D eigenvalue weighted by molar-refractivity contribution is 6.37. The van der Waals surface area contributed by atoms with Crippen LogP contribution in [0.15, 0.2) is 18.7 Å². The van der Waals surface area contributed by atoms with Gasteiger partial charge in [-0.05, 0) is 45.4 Å². The van der Waals surface area contributed by atoms with Crippen LogP contribution in [0, 0.1) is 5.92 Å². The third kappa shape index (κ3) is 9.86. The Labute approximate surface area is 289 Å². The number of rotatable bonds is 16. The van der Waals surface area contributed by atoms with Crippen molar-refractivity contribution in [2.45, 2.75) is 108 Å². The minimum Gasteiger partial charge on any atom is -0.465 e. The summed E-state index contributed by atoms with van der Waals surface area (Å²) in [6.07, 6.45) is 9.05. The van der Waals surface area contributed by atoms with Gasteiger partial charge in [0.15, 0.2) is 0 Å². The van der Waals surface area contributed by atoms with Crippen molar-refractivity contribution in [3.63, 3.8) is 0 Å². The van der Waals surface area contributed by atoms with E-state index in [-0.39, 0.29) is 44.0 Å². The molecular weight excluding hydrogens is 652 g/mol. The zero-order valence-corrected chi connectivity index (χ0v) is 28.7. The first kappa shape index (κ1) is 37.9. The maximum Gasteiger partial charge on any atom is 0.404 e. The number of amides is 5. The third-order valence-electron chi connectivity index (χ3n) is 9.32. The number of nitrogens with one attached hydrogen (secondary N) is 3. The number of nitrogens with zero attached hydrogens (tertiary/aromatic N) is 6. The number of aryl methyl sites for hydroxylation is 1. The number of Topliss-reactive ketones (excluding diaryl/α,β-unsaturated/α-hetero) is 1. The van der Waals surface area contributed by atoms with E-state index in [9.17, 15) is 33.9 Å². The second-order valence-electron chi connectivity index (χ2n) is 13.7. The average Bonchev–Trinajstić information content (AvgIpc) is 3.83. The molecule has 5 amide bonds. The van der Waals surface area contributed by atoms with Gasteiger partial charge < -0.3 is 41.4 Å². The molecule has 1 unspecified atom stereocenters. The number of aliphatic hydroxyl groups is 1. The van der Waals surface area contributed by atoms with Crippen molar-refractivity contribution >= 4 is 35.5 Å². The molecule has 1 saturated carbocycles. The zero-order valence-electron chi connectivity index (χ0n) is 28.7. The molecule has 2 aromatic rings. The molecule has 1 aliphatic heterocycles. The van der Waals surface area contributed by atoms with E-state index in [1.165, 1.54) is 28.3 Å². The van der Waals surface area contributed by atoms with Crippen LogP contribution < -0.4 is 21.7 Å². The molecular formula is C32H48N10O8. The number of unbranched alkanes of at least 4 members (excludes halogenated alkanes) is 1. The van der Waals surface area contributed by atoms with Crippen LogP contribution in [0.5, 0.6) is 0 Å². The van der Waals surface area contributed by atoms with Gasteiger partial charge in [-0.1, -0.05) is 37.3 Å². The molecule has 18 heteroatoms. The lowest BCUT2D eigenvalue weighted by Crippen LogP contribution is -2.56. The van der Waals surface area contributed by atoms with E-state index < -0.39 is 65.3 Å². The number of hydrogen-bond acceptors (Lipinski definition) is 10. The molecule has 1 saturated heterocycles. The Morgan fingerprint density at radius 2 is 1.78 bits per heavy atom. The summed E-state index contributed by atoms with van der Waals surface area (Å²) in [5.74, 6) is -3.89. The molecule has 4 atom stereocenters. The van der Waals surface area contributed by atoms with Gasteiger partial charge in [0, 0.05) is 32.8 Å². The smallest absolute Gasteiger partial charge is 0.404 e. The molecule has 0 spiro atoms. The summed E-state index contributed by atoms with van der Waals surface area (Å²) in [5, 5.41) is 35.4.